The Morgan fingerprint density at radius 3 is 2.26 bits per heavy atom. The SMILES string of the molecule is O/C(=C\c1nc2ccccc2nc1N1CCC(N2CCCCC2)CC1)c1cccc2ccccc12. The fourth-order valence-electron chi connectivity index (χ4n) is 5.72. The molecule has 5 heteroatoms. The van der Waals surface area contributed by atoms with E-state index in [0.717, 1.165) is 64.8 Å². The molecule has 178 valence electrons. The molecule has 3 heterocycles. The largest absolute Gasteiger partial charge is 0.507 e. The summed E-state index contributed by atoms with van der Waals surface area (Å²) in [5, 5.41) is 13.4. The van der Waals surface area contributed by atoms with Gasteiger partial charge in [0.1, 0.15) is 11.5 Å². The van der Waals surface area contributed by atoms with Crippen LogP contribution in [-0.2, 0) is 0 Å². The van der Waals surface area contributed by atoms with Crippen LogP contribution in [0.2, 0.25) is 0 Å². The highest BCUT2D eigenvalue weighted by molar-refractivity contribution is 5.96. The summed E-state index contributed by atoms with van der Waals surface area (Å²) in [4.78, 5) is 15.1. The number of fused-ring (bicyclic) bond motifs is 2. The molecule has 0 atom stereocenters. The molecular formula is C30H32N4O. The Labute approximate surface area is 206 Å². The normalized spacial score (nSPS) is 18.4. The van der Waals surface area contributed by atoms with E-state index in [4.69, 9.17) is 9.97 Å². The summed E-state index contributed by atoms with van der Waals surface area (Å²) in [5.41, 5.74) is 3.28. The molecule has 2 aliphatic rings. The quantitative estimate of drug-likeness (QED) is 0.360. The molecular weight excluding hydrogens is 432 g/mol. The van der Waals surface area contributed by atoms with Crippen molar-refractivity contribution in [1.29, 1.82) is 0 Å². The van der Waals surface area contributed by atoms with Crippen LogP contribution in [0.25, 0.3) is 33.6 Å². The van der Waals surface area contributed by atoms with E-state index in [9.17, 15) is 5.11 Å². The van der Waals surface area contributed by atoms with Crippen LogP contribution < -0.4 is 4.90 Å². The van der Waals surface area contributed by atoms with Crippen molar-refractivity contribution < 1.29 is 5.11 Å². The Bertz CT molecular complexity index is 1360. The van der Waals surface area contributed by atoms with Crippen molar-refractivity contribution in [3.05, 3.63) is 78.0 Å². The van der Waals surface area contributed by atoms with Crippen molar-refractivity contribution in [2.45, 2.75) is 38.1 Å². The number of piperidine rings is 2. The lowest BCUT2D eigenvalue weighted by Crippen LogP contribution is -2.47. The van der Waals surface area contributed by atoms with Gasteiger partial charge in [0.25, 0.3) is 0 Å². The number of aliphatic hydroxyl groups is 1. The van der Waals surface area contributed by atoms with Crippen molar-refractivity contribution in [2.75, 3.05) is 31.1 Å². The zero-order valence-electron chi connectivity index (χ0n) is 20.1. The molecule has 35 heavy (non-hydrogen) atoms. The molecule has 6 rings (SSSR count). The smallest absolute Gasteiger partial charge is 0.155 e. The number of hydrogen-bond donors (Lipinski definition) is 1. The number of anilines is 1. The summed E-state index contributed by atoms with van der Waals surface area (Å²) in [6, 6.07) is 22.8. The molecule has 2 saturated heterocycles. The fourth-order valence-corrected chi connectivity index (χ4v) is 5.72. The van der Waals surface area contributed by atoms with Gasteiger partial charge in [-0.3, -0.25) is 0 Å². The molecule has 0 unspecified atom stereocenters. The molecule has 0 bridgehead atoms. The summed E-state index contributed by atoms with van der Waals surface area (Å²) in [6.45, 7) is 4.41. The Hall–Kier alpha value is -3.44. The fraction of sp³-hybridized carbons (Fsp3) is 0.333. The van der Waals surface area contributed by atoms with E-state index < -0.39 is 0 Å². The number of rotatable bonds is 4. The van der Waals surface area contributed by atoms with E-state index in [2.05, 4.69) is 21.9 Å². The maximum Gasteiger partial charge on any atom is 0.155 e. The van der Waals surface area contributed by atoms with Gasteiger partial charge in [0.05, 0.1) is 11.0 Å². The van der Waals surface area contributed by atoms with Gasteiger partial charge in [-0.2, -0.15) is 0 Å². The van der Waals surface area contributed by atoms with Crippen LogP contribution in [0.5, 0.6) is 0 Å². The van der Waals surface area contributed by atoms with Crippen LogP contribution >= 0.6 is 0 Å². The first-order chi connectivity index (χ1) is 17.3. The van der Waals surface area contributed by atoms with E-state index >= 15 is 0 Å². The van der Waals surface area contributed by atoms with E-state index in [1.54, 1.807) is 6.08 Å². The lowest BCUT2D eigenvalue weighted by Gasteiger charge is -2.40. The average Bonchev–Trinajstić information content (AvgIpc) is 2.93. The molecule has 2 fully saturated rings. The van der Waals surface area contributed by atoms with E-state index in [-0.39, 0.29) is 5.76 Å². The topological polar surface area (TPSA) is 52.5 Å². The number of likely N-dealkylation sites (tertiary alicyclic amines) is 1. The molecule has 0 amide bonds. The third-order valence-electron chi connectivity index (χ3n) is 7.59. The molecule has 1 aromatic heterocycles. The zero-order valence-corrected chi connectivity index (χ0v) is 20.1. The number of aromatic nitrogens is 2. The van der Waals surface area contributed by atoms with Gasteiger partial charge in [-0.1, -0.05) is 61.0 Å². The summed E-state index contributed by atoms with van der Waals surface area (Å²) in [6.07, 6.45) is 8.13. The Morgan fingerprint density at radius 2 is 1.46 bits per heavy atom. The van der Waals surface area contributed by atoms with Crippen molar-refractivity contribution in [2.24, 2.45) is 0 Å². The summed E-state index contributed by atoms with van der Waals surface area (Å²) >= 11 is 0. The zero-order chi connectivity index (χ0) is 23.6. The van der Waals surface area contributed by atoms with E-state index in [0.29, 0.717) is 6.04 Å². The first-order valence-electron chi connectivity index (χ1n) is 12.9. The second-order valence-electron chi connectivity index (χ2n) is 9.79. The lowest BCUT2D eigenvalue weighted by atomic mass is 9.99. The minimum absolute atomic E-state index is 0.218. The van der Waals surface area contributed by atoms with Gasteiger partial charge in [-0.25, -0.2) is 9.97 Å². The third-order valence-corrected chi connectivity index (χ3v) is 7.59. The molecule has 0 radical (unpaired) electrons. The monoisotopic (exact) mass is 464 g/mol. The summed E-state index contributed by atoms with van der Waals surface area (Å²) < 4.78 is 0. The Kier molecular flexibility index (Phi) is 6.09. The van der Waals surface area contributed by atoms with Gasteiger partial charge in [-0.15, -0.1) is 0 Å². The van der Waals surface area contributed by atoms with Crippen molar-refractivity contribution in [3.8, 4) is 0 Å². The molecule has 0 spiro atoms. The van der Waals surface area contributed by atoms with Gasteiger partial charge < -0.3 is 14.9 Å². The van der Waals surface area contributed by atoms with Crippen molar-refractivity contribution >= 4 is 39.5 Å². The van der Waals surface area contributed by atoms with Crippen LogP contribution in [0, 0.1) is 0 Å². The van der Waals surface area contributed by atoms with Gasteiger partial charge in [0.2, 0.25) is 0 Å². The molecule has 0 aliphatic carbocycles. The number of aliphatic hydroxyl groups excluding tert-OH is 1. The molecule has 1 N–H and O–H groups in total. The Morgan fingerprint density at radius 1 is 0.771 bits per heavy atom. The van der Waals surface area contributed by atoms with Crippen molar-refractivity contribution in [1.82, 2.24) is 14.9 Å². The van der Waals surface area contributed by atoms with E-state index in [1.165, 1.54) is 32.4 Å². The minimum atomic E-state index is 0.218. The predicted molar refractivity (Wildman–Crippen MR) is 145 cm³/mol. The maximum atomic E-state index is 11.2. The first kappa shape index (κ1) is 22.1. The van der Waals surface area contributed by atoms with Crippen LogP contribution in [0.1, 0.15) is 43.4 Å². The number of benzene rings is 3. The average molecular weight is 465 g/mol. The van der Waals surface area contributed by atoms with Crippen LogP contribution in [-0.4, -0.2) is 52.2 Å². The van der Waals surface area contributed by atoms with Gasteiger partial charge in [0.15, 0.2) is 5.82 Å². The number of para-hydroxylation sites is 2. The number of hydrogen-bond acceptors (Lipinski definition) is 5. The summed E-state index contributed by atoms with van der Waals surface area (Å²) in [7, 11) is 0. The van der Waals surface area contributed by atoms with Crippen LogP contribution in [0.3, 0.4) is 0 Å². The highest BCUT2D eigenvalue weighted by Crippen LogP contribution is 2.30. The highest BCUT2D eigenvalue weighted by Gasteiger charge is 2.27. The second-order valence-corrected chi connectivity index (χ2v) is 9.79. The minimum Gasteiger partial charge on any atom is -0.507 e. The molecule has 2 aliphatic heterocycles. The van der Waals surface area contributed by atoms with Gasteiger partial charge in [-0.05, 0) is 61.7 Å². The second kappa shape index (κ2) is 9.67. The predicted octanol–water partition coefficient (Wildman–Crippen LogP) is 6.29. The first-order valence-corrected chi connectivity index (χ1v) is 12.9. The van der Waals surface area contributed by atoms with E-state index in [1.807, 2.05) is 54.6 Å². The summed E-state index contributed by atoms with van der Waals surface area (Å²) in [5.74, 6) is 1.09. The molecule has 0 saturated carbocycles. The Balaban J connectivity index is 1.35. The standard InChI is InChI=1S/C30H32N4O/c35-29(25-12-8-10-22-9-2-3-11-24(22)25)21-28-30(32-27-14-5-4-13-26(27)31-28)34-19-15-23(16-20-34)33-17-6-1-7-18-33/h2-5,8-14,21,23,35H,1,6-7,15-20H2/b29-21-. The molecule has 5 nitrogen and oxygen atoms in total. The van der Waals surface area contributed by atoms with Gasteiger partial charge in [0, 0.05) is 30.8 Å². The highest BCUT2D eigenvalue weighted by atomic mass is 16.3. The lowest BCUT2D eigenvalue weighted by molar-refractivity contribution is 0.141. The molecule has 3 aromatic carbocycles. The maximum absolute atomic E-state index is 11.2. The van der Waals surface area contributed by atoms with Gasteiger partial charge >= 0.3 is 0 Å². The number of nitrogens with zero attached hydrogens (tertiary/aromatic N) is 4. The van der Waals surface area contributed by atoms with Crippen LogP contribution in [0.15, 0.2) is 66.7 Å². The van der Waals surface area contributed by atoms with Crippen LogP contribution in [0.4, 0.5) is 5.82 Å². The molecule has 4 aromatic rings. The third kappa shape index (κ3) is 4.48. The van der Waals surface area contributed by atoms with Crippen molar-refractivity contribution in [3.63, 3.8) is 0 Å².